The van der Waals surface area contributed by atoms with Gasteiger partial charge in [-0.2, -0.15) is 0 Å². The molecule has 0 bridgehead atoms. The molecule has 21 heavy (non-hydrogen) atoms. The highest BCUT2D eigenvalue weighted by atomic mass is 32.2. The van der Waals surface area contributed by atoms with E-state index in [0.717, 1.165) is 11.1 Å². The van der Waals surface area contributed by atoms with Gasteiger partial charge in [-0.1, -0.05) is 6.07 Å². The second kappa shape index (κ2) is 5.65. The summed E-state index contributed by atoms with van der Waals surface area (Å²) in [4.78, 5) is 0.222. The molecule has 6 heteroatoms. The van der Waals surface area contributed by atoms with E-state index in [-0.39, 0.29) is 4.90 Å². The molecule has 2 rings (SSSR count). The maximum atomic E-state index is 12.3. The highest BCUT2D eigenvalue weighted by Gasteiger charge is 2.15. The molecule has 0 heterocycles. The molecule has 0 aliphatic carbocycles. The van der Waals surface area contributed by atoms with Crippen LogP contribution in [0.1, 0.15) is 11.1 Å². The molecule has 112 valence electrons. The summed E-state index contributed by atoms with van der Waals surface area (Å²) in [5.41, 5.74) is 8.51. The summed E-state index contributed by atoms with van der Waals surface area (Å²) in [5, 5.41) is 0. The number of nitrogen functional groups attached to an aromatic ring is 1. The first kappa shape index (κ1) is 15.2. The fourth-order valence-electron chi connectivity index (χ4n) is 1.89. The third kappa shape index (κ3) is 3.28. The van der Waals surface area contributed by atoms with Crippen molar-refractivity contribution < 1.29 is 13.2 Å². The first-order valence-electron chi connectivity index (χ1n) is 6.37. The first-order chi connectivity index (χ1) is 9.83. The van der Waals surface area contributed by atoms with E-state index in [2.05, 4.69) is 4.72 Å². The number of methoxy groups -OCH3 is 1. The van der Waals surface area contributed by atoms with Gasteiger partial charge in [0.2, 0.25) is 0 Å². The van der Waals surface area contributed by atoms with Crippen LogP contribution in [0.15, 0.2) is 41.3 Å². The molecular formula is C15H18N2O3S. The van der Waals surface area contributed by atoms with E-state index >= 15 is 0 Å². The van der Waals surface area contributed by atoms with Crippen molar-refractivity contribution in [1.29, 1.82) is 0 Å². The van der Waals surface area contributed by atoms with Gasteiger partial charge in [-0.05, 0) is 55.3 Å². The lowest BCUT2D eigenvalue weighted by Crippen LogP contribution is -2.13. The Morgan fingerprint density at radius 1 is 1.05 bits per heavy atom. The van der Waals surface area contributed by atoms with Gasteiger partial charge in [0.1, 0.15) is 5.75 Å². The molecule has 0 aromatic heterocycles. The molecule has 0 atom stereocenters. The van der Waals surface area contributed by atoms with E-state index in [4.69, 9.17) is 10.5 Å². The quantitative estimate of drug-likeness (QED) is 0.851. The Morgan fingerprint density at radius 3 is 2.33 bits per heavy atom. The molecule has 0 aliphatic rings. The maximum absolute atomic E-state index is 12.3. The van der Waals surface area contributed by atoms with Gasteiger partial charge in [-0.15, -0.1) is 0 Å². The number of rotatable bonds is 4. The third-order valence-electron chi connectivity index (χ3n) is 3.27. The Labute approximate surface area is 124 Å². The number of ether oxygens (including phenoxy) is 1. The van der Waals surface area contributed by atoms with Crippen LogP contribution in [0.3, 0.4) is 0 Å². The number of aryl methyl sites for hydroxylation is 2. The average Bonchev–Trinajstić information content (AvgIpc) is 2.41. The molecule has 0 unspecified atom stereocenters. The van der Waals surface area contributed by atoms with Gasteiger partial charge in [0.05, 0.1) is 23.4 Å². The summed E-state index contributed by atoms with van der Waals surface area (Å²) in [6, 6.07) is 9.76. The van der Waals surface area contributed by atoms with Crippen LogP contribution in [0, 0.1) is 13.8 Å². The van der Waals surface area contributed by atoms with Crippen molar-refractivity contribution in [2.75, 3.05) is 17.6 Å². The molecular weight excluding hydrogens is 288 g/mol. The fraction of sp³-hybridized carbons (Fsp3) is 0.200. The van der Waals surface area contributed by atoms with Crippen LogP contribution in [-0.2, 0) is 10.0 Å². The van der Waals surface area contributed by atoms with Crippen molar-refractivity contribution in [1.82, 2.24) is 0 Å². The summed E-state index contributed by atoms with van der Waals surface area (Å²) in [7, 11) is -2.13. The summed E-state index contributed by atoms with van der Waals surface area (Å²) < 4.78 is 32.2. The second-order valence-electron chi connectivity index (χ2n) is 4.81. The van der Waals surface area contributed by atoms with Crippen molar-refractivity contribution in [3.8, 4) is 5.75 Å². The molecule has 0 radical (unpaired) electrons. The van der Waals surface area contributed by atoms with Gasteiger partial charge in [0.25, 0.3) is 10.0 Å². The SMILES string of the molecule is COc1ccc(NS(=O)(=O)c2ccc(C)c(C)c2)cc1N. The van der Waals surface area contributed by atoms with Gasteiger partial charge in [0, 0.05) is 0 Å². The third-order valence-corrected chi connectivity index (χ3v) is 4.65. The van der Waals surface area contributed by atoms with Gasteiger partial charge in [-0.3, -0.25) is 4.72 Å². The minimum atomic E-state index is -3.64. The van der Waals surface area contributed by atoms with Crippen molar-refractivity contribution in [3.63, 3.8) is 0 Å². The number of hydrogen-bond donors (Lipinski definition) is 2. The van der Waals surface area contributed by atoms with Gasteiger partial charge in [-0.25, -0.2) is 8.42 Å². The number of anilines is 2. The van der Waals surface area contributed by atoms with Crippen molar-refractivity contribution >= 4 is 21.4 Å². The highest BCUT2D eigenvalue weighted by molar-refractivity contribution is 7.92. The van der Waals surface area contributed by atoms with Gasteiger partial charge < -0.3 is 10.5 Å². The van der Waals surface area contributed by atoms with E-state index < -0.39 is 10.0 Å². The molecule has 0 saturated carbocycles. The molecule has 0 aliphatic heterocycles. The Balaban J connectivity index is 2.32. The van der Waals surface area contributed by atoms with Crippen LogP contribution in [0.25, 0.3) is 0 Å². The van der Waals surface area contributed by atoms with E-state index in [9.17, 15) is 8.42 Å². The average molecular weight is 306 g/mol. The van der Waals surface area contributed by atoms with Crippen LogP contribution in [0.2, 0.25) is 0 Å². The molecule has 0 saturated heterocycles. The number of hydrogen-bond acceptors (Lipinski definition) is 4. The molecule has 0 fully saturated rings. The van der Waals surface area contributed by atoms with E-state index in [1.807, 2.05) is 13.8 Å². The zero-order chi connectivity index (χ0) is 15.6. The van der Waals surface area contributed by atoms with Gasteiger partial charge in [0.15, 0.2) is 0 Å². The van der Waals surface area contributed by atoms with Crippen molar-refractivity contribution in [2.45, 2.75) is 18.7 Å². The Morgan fingerprint density at radius 2 is 1.76 bits per heavy atom. The number of benzene rings is 2. The van der Waals surface area contributed by atoms with E-state index in [0.29, 0.717) is 17.1 Å². The summed E-state index contributed by atoms with van der Waals surface area (Å²) in [6.07, 6.45) is 0. The lowest BCUT2D eigenvalue weighted by atomic mass is 10.1. The van der Waals surface area contributed by atoms with E-state index in [1.165, 1.54) is 13.2 Å². The Hall–Kier alpha value is -2.21. The van der Waals surface area contributed by atoms with Crippen molar-refractivity contribution in [2.24, 2.45) is 0 Å². The lowest BCUT2D eigenvalue weighted by Gasteiger charge is -2.11. The zero-order valence-corrected chi connectivity index (χ0v) is 13.0. The van der Waals surface area contributed by atoms with Crippen LogP contribution < -0.4 is 15.2 Å². The standard InChI is InChI=1S/C15H18N2O3S/c1-10-4-6-13(8-11(10)2)21(18,19)17-12-5-7-15(20-3)14(16)9-12/h4-9,17H,16H2,1-3H3. The second-order valence-corrected chi connectivity index (χ2v) is 6.49. The number of nitrogens with two attached hydrogens (primary N) is 1. The van der Waals surface area contributed by atoms with Gasteiger partial charge >= 0.3 is 0 Å². The summed E-state index contributed by atoms with van der Waals surface area (Å²) in [6.45, 7) is 3.81. The molecule has 2 aromatic carbocycles. The van der Waals surface area contributed by atoms with Crippen LogP contribution in [-0.4, -0.2) is 15.5 Å². The molecule has 5 nitrogen and oxygen atoms in total. The largest absolute Gasteiger partial charge is 0.495 e. The minimum absolute atomic E-state index is 0.222. The summed E-state index contributed by atoms with van der Waals surface area (Å²) >= 11 is 0. The first-order valence-corrected chi connectivity index (χ1v) is 7.85. The Kier molecular flexibility index (Phi) is 4.09. The number of sulfonamides is 1. The molecule has 3 N–H and O–H groups in total. The molecule has 0 spiro atoms. The predicted octanol–water partition coefficient (Wildman–Crippen LogP) is 2.70. The highest BCUT2D eigenvalue weighted by Crippen LogP contribution is 2.26. The Bertz CT molecular complexity index is 770. The van der Waals surface area contributed by atoms with Crippen LogP contribution in [0.5, 0.6) is 5.75 Å². The molecule has 2 aromatic rings. The van der Waals surface area contributed by atoms with Crippen molar-refractivity contribution in [3.05, 3.63) is 47.5 Å². The zero-order valence-electron chi connectivity index (χ0n) is 12.2. The predicted molar refractivity (Wildman–Crippen MR) is 84.1 cm³/mol. The number of nitrogens with one attached hydrogen (secondary N) is 1. The normalized spacial score (nSPS) is 11.2. The monoisotopic (exact) mass is 306 g/mol. The maximum Gasteiger partial charge on any atom is 0.261 e. The lowest BCUT2D eigenvalue weighted by molar-refractivity contribution is 0.417. The van der Waals surface area contributed by atoms with E-state index in [1.54, 1.807) is 30.3 Å². The molecule has 0 amide bonds. The fourth-order valence-corrected chi connectivity index (χ4v) is 3.03. The smallest absolute Gasteiger partial charge is 0.261 e. The summed E-state index contributed by atoms with van der Waals surface area (Å²) in [5.74, 6) is 0.504. The van der Waals surface area contributed by atoms with Crippen LogP contribution in [0.4, 0.5) is 11.4 Å². The topological polar surface area (TPSA) is 81.4 Å². The van der Waals surface area contributed by atoms with Crippen LogP contribution >= 0.6 is 0 Å². The minimum Gasteiger partial charge on any atom is -0.495 e.